The quantitative estimate of drug-likeness (QED) is 0.650. The summed E-state index contributed by atoms with van der Waals surface area (Å²) < 4.78 is 0. The van der Waals surface area contributed by atoms with Crippen molar-refractivity contribution in [3.63, 3.8) is 0 Å². The van der Waals surface area contributed by atoms with Crippen molar-refractivity contribution in [1.82, 2.24) is 5.32 Å². The van der Waals surface area contributed by atoms with Crippen LogP contribution in [0.15, 0.2) is 36.4 Å². The van der Waals surface area contributed by atoms with Gasteiger partial charge in [0.25, 0.3) is 5.91 Å². The molecule has 2 aromatic carbocycles. The molecule has 0 radical (unpaired) electrons. The molecule has 0 aliphatic rings. The van der Waals surface area contributed by atoms with Crippen molar-refractivity contribution in [2.24, 2.45) is 0 Å². The largest absolute Gasteiger partial charge is 0.504 e. The van der Waals surface area contributed by atoms with Gasteiger partial charge in [0.2, 0.25) is 0 Å². The van der Waals surface area contributed by atoms with E-state index in [0.717, 1.165) is 11.3 Å². The zero-order chi connectivity index (χ0) is 15.4. The Kier molecular flexibility index (Phi) is 4.33. The van der Waals surface area contributed by atoms with Gasteiger partial charge in [0.15, 0.2) is 11.5 Å². The first kappa shape index (κ1) is 14.7. The van der Waals surface area contributed by atoms with Crippen LogP contribution in [0.1, 0.15) is 21.5 Å². The van der Waals surface area contributed by atoms with Crippen molar-refractivity contribution in [2.45, 2.75) is 13.5 Å². The zero-order valence-corrected chi connectivity index (χ0v) is 12.0. The molecular formula is C16H18N2O3. The highest BCUT2D eigenvalue weighted by molar-refractivity contribution is 5.95. The van der Waals surface area contributed by atoms with Crippen molar-refractivity contribution in [2.75, 3.05) is 12.4 Å². The number of hydrogen-bond donors (Lipinski definition) is 4. The van der Waals surface area contributed by atoms with Crippen LogP contribution < -0.4 is 10.6 Å². The van der Waals surface area contributed by atoms with E-state index in [1.54, 1.807) is 31.3 Å². The van der Waals surface area contributed by atoms with E-state index in [0.29, 0.717) is 17.7 Å². The molecule has 1 amide bonds. The minimum absolute atomic E-state index is 0.134. The number of para-hydroxylation sites is 1. The number of aromatic hydroxyl groups is 2. The molecular weight excluding hydrogens is 268 g/mol. The lowest BCUT2D eigenvalue weighted by atomic mass is 10.1. The lowest BCUT2D eigenvalue weighted by Gasteiger charge is -2.12. The molecule has 4 N–H and O–H groups in total. The van der Waals surface area contributed by atoms with E-state index in [9.17, 15) is 15.0 Å². The fourth-order valence-corrected chi connectivity index (χ4v) is 2.01. The lowest BCUT2D eigenvalue weighted by Crippen LogP contribution is -2.18. The first-order valence-electron chi connectivity index (χ1n) is 6.59. The SMILES string of the molecule is CNC(=O)c1ccc(C)c(NCc2cccc(O)c2O)c1. The standard InChI is InChI=1S/C16H18N2O3/c1-10-6-7-11(16(21)17-2)8-13(10)18-9-12-4-3-5-14(19)15(12)20/h3-8,18-20H,9H2,1-2H3,(H,17,21). The second-order valence-electron chi connectivity index (χ2n) is 4.75. The summed E-state index contributed by atoms with van der Waals surface area (Å²) in [5.41, 5.74) is 2.94. The predicted molar refractivity (Wildman–Crippen MR) is 81.7 cm³/mol. The minimum Gasteiger partial charge on any atom is -0.504 e. The third-order valence-corrected chi connectivity index (χ3v) is 3.29. The summed E-state index contributed by atoms with van der Waals surface area (Å²) in [6.45, 7) is 2.27. The average Bonchev–Trinajstić information content (AvgIpc) is 2.49. The molecule has 0 unspecified atom stereocenters. The summed E-state index contributed by atoms with van der Waals surface area (Å²) >= 11 is 0. The molecule has 0 heterocycles. The normalized spacial score (nSPS) is 10.2. The fraction of sp³-hybridized carbons (Fsp3) is 0.188. The van der Waals surface area contributed by atoms with E-state index >= 15 is 0 Å². The van der Waals surface area contributed by atoms with E-state index in [-0.39, 0.29) is 17.4 Å². The number of carbonyl (C=O) groups excluding carboxylic acids is 1. The molecule has 5 heteroatoms. The van der Waals surface area contributed by atoms with Crippen molar-refractivity contribution in [1.29, 1.82) is 0 Å². The van der Waals surface area contributed by atoms with Crippen LogP contribution in [0.3, 0.4) is 0 Å². The highest BCUT2D eigenvalue weighted by Crippen LogP contribution is 2.29. The van der Waals surface area contributed by atoms with Gasteiger partial charge in [-0.15, -0.1) is 0 Å². The number of rotatable bonds is 4. The van der Waals surface area contributed by atoms with Crippen LogP contribution in [0.2, 0.25) is 0 Å². The highest BCUT2D eigenvalue weighted by Gasteiger charge is 2.08. The van der Waals surface area contributed by atoms with Gasteiger partial charge in [-0.05, 0) is 30.7 Å². The fourth-order valence-electron chi connectivity index (χ4n) is 2.01. The molecule has 0 atom stereocenters. The number of anilines is 1. The Labute approximate surface area is 123 Å². The average molecular weight is 286 g/mol. The summed E-state index contributed by atoms with van der Waals surface area (Å²) in [5, 5.41) is 25.0. The molecule has 0 saturated carbocycles. The summed E-state index contributed by atoms with van der Waals surface area (Å²) in [6.07, 6.45) is 0. The van der Waals surface area contributed by atoms with Gasteiger partial charge < -0.3 is 20.8 Å². The molecule has 0 saturated heterocycles. The Morgan fingerprint density at radius 2 is 1.95 bits per heavy atom. The Hall–Kier alpha value is -2.69. The van der Waals surface area contributed by atoms with Crippen LogP contribution in [0.5, 0.6) is 11.5 Å². The van der Waals surface area contributed by atoms with Gasteiger partial charge in [0.1, 0.15) is 0 Å². The van der Waals surface area contributed by atoms with Gasteiger partial charge in [-0.1, -0.05) is 18.2 Å². The lowest BCUT2D eigenvalue weighted by molar-refractivity contribution is 0.0963. The van der Waals surface area contributed by atoms with Crippen LogP contribution in [0.4, 0.5) is 5.69 Å². The van der Waals surface area contributed by atoms with Crippen LogP contribution in [-0.4, -0.2) is 23.2 Å². The number of phenolic OH excluding ortho intramolecular Hbond substituents is 2. The van der Waals surface area contributed by atoms with Crippen LogP contribution in [0, 0.1) is 6.92 Å². The van der Waals surface area contributed by atoms with Gasteiger partial charge >= 0.3 is 0 Å². The summed E-state index contributed by atoms with van der Waals surface area (Å²) in [4.78, 5) is 11.6. The number of amides is 1. The molecule has 0 bridgehead atoms. The van der Waals surface area contributed by atoms with E-state index in [1.165, 1.54) is 6.07 Å². The topological polar surface area (TPSA) is 81.6 Å². The first-order valence-corrected chi connectivity index (χ1v) is 6.59. The summed E-state index contributed by atoms with van der Waals surface area (Å²) in [6, 6.07) is 10.2. The molecule has 0 aliphatic heterocycles. The molecule has 0 fully saturated rings. The summed E-state index contributed by atoms with van der Waals surface area (Å²) in [5.74, 6) is -0.437. The van der Waals surface area contributed by atoms with E-state index in [2.05, 4.69) is 10.6 Å². The van der Waals surface area contributed by atoms with E-state index in [1.807, 2.05) is 13.0 Å². The molecule has 0 aromatic heterocycles. The zero-order valence-electron chi connectivity index (χ0n) is 12.0. The molecule has 5 nitrogen and oxygen atoms in total. The third kappa shape index (κ3) is 3.25. The number of hydrogen-bond acceptors (Lipinski definition) is 4. The maximum atomic E-state index is 11.6. The van der Waals surface area contributed by atoms with Gasteiger partial charge in [-0.25, -0.2) is 0 Å². The summed E-state index contributed by atoms with van der Waals surface area (Å²) in [7, 11) is 1.58. The molecule has 2 aromatic rings. The van der Waals surface area contributed by atoms with Gasteiger partial charge in [0, 0.05) is 30.4 Å². The Bertz CT molecular complexity index is 669. The van der Waals surface area contributed by atoms with Gasteiger partial charge in [-0.2, -0.15) is 0 Å². The number of aryl methyl sites for hydroxylation is 1. The minimum atomic E-state index is -0.154. The Balaban J connectivity index is 2.19. The molecule has 2 rings (SSSR count). The number of benzene rings is 2. The van der Waals surface area contributed by atoms with Crippen LogP contribution in [0.25, 0.3) is 0 Å². The number of nitrogens with one attached hydrogen (secondary N) is 2. The monoisotopic (exact) mass is 286 g/mol. The van der Waals surface area contributed by atoms with Crippen molar-refractivity contribution < 1.29 is 15.0 Å². The maximum Gasteiger partial charge on any atom is 0.251 e. The molecule has 0 aliphatic carbocycles. The molecule has 110 valence electrons. The van der Waals surface area contributed by atoms with Crippen molar-refractivity contribution >= 4 is 11.6 Å². The van der Waals surface area contributed by atoms with E-state index in [4.69, 9.17) is 0 Å². The Morgan fingerprint density at radius 3 is 2.67 bits per heavy atom. The third-order valence-electron chi connectivity index (χ3n) is 3.29. The van der Waals surface area contributed by atoms with Gasteiger partial charge in [0.05, 0.1) is 0 Å². The second-order valence-corrected chi connectivity index (χ2v) is 4.75. The maximum absolute atomic E-state index is 11.6. The van der Waals surface area contributed by atoms with Gasteiger partial charge in [-0.3, -0.25) is 4.79 Å². The van der Waals surface area contributed by atoms with Crippen molar-refractivity contribution in [3.05, 3.63) is 53.1 Å². The van der Waals surface area contributed by atoms with Crippen LogP contribution in [-0.2, 0) is 6.54 Å². The number of phenols is 2. The predicted octanol–water partition coefficient (Wildman–Crippen LogP) is 2.38. The van der Waals surface area contributed by atoms with Crippen molar-refractivity contribution in [3.8, 4) is 11.5 Å². The van der Waals surface area contributed by atoms with E-state index < -0.39 is 0 Å². The smallest absolute Gasteiger partial charge is 0.251 e. The highest BCUT2D eigenvalue weighted by atomic mass is 16.3. The Morgan fingerprint density at radius 1 is 1.19 bits per heavy atom. The first-order chi connectivity index (χ1) is 10.0. The number of carbonyl (C=O) groups is 1. The van der Waals surface area contributed by atoms with Crippen LogP contribution >= 0.6 is 0 Å². The molecule has 21 heavy (non-hydrogen) atoms. The second kappa shape index (κ2) is 6.17. The molecule has 0 spiro atoms.